The molecule has 1 saturated carbocycles. The molecule has 2 aliphatic heterocycles. The zero-order chi connectivity index (χ0) is 20.6. The molecule has 3 aliphatic rings. The van der Waals surface area contributed by atoms with Gasteiger partial charge in [-0.1, -0.05) is 18.6 Å². The first-order chi connectivity index (χ1) is 13.9. The molecule has 7 nitrogen and oxygen atoms in total. The summed E-state index contributed by atoms with van der Waals surface area (Å²) < 4.78 is 35.0. The van der Waals surface area contributed by atoms with Crippen molar-refractivity contribution in [1.82, 2.24) is 14.1 Å². The Hall–Kier alpha value is -1.64. The molecule has 1 aromatic carbocycles. The lowest BCUT2D eigenvalue weighted by atomic mass is 9.84. The number of ether oxygens (including phenoxy) is 1. The number of sulfonamides is 1. The standard InChI is InChI=1S/C21H31N3O4S/c1-22(2)14-15-24-17-10-12-23(21(25)16-6-5-7-16)13-11-18(17)28-19-8-3-4-9-20(19)29(24,26)27/h3-4,8-9,16-18H,5-7,10-15H2,1-2H3/t17-,18-/m0/s1. The van der Waals surface area contributed by atoms with Gasteiger partial charge in [0.2, 0.25) is 15.9 Å². The highest BCUT2D eigenvalue weighted by atomic mass is 32.2. The fourth-order valence-corrected chi connectivity index (χ4v) is 6.27. The van der Waals surface area contributed by atoms with Crippen LogP contribution >= 0.6 is 0 Å². The van der Waals surface area contributed by atoms with Crippen molar-refractivity contribution in [2.24, 2.45) is 5.92 Å². The predicted molar refractivity (Wildman–Crippen MR) is 110 cm³/mol. The van der Waals surface area contributed by atoms with Gasteiger partial charge in [-0.15, -0.1) is 0 Å². The van der Waals surface area contributed by atoms with Crippen LogP contribution in [0.4, 0.5) is 0 Å². The van der Waals surface area contributed by atoms with E-state index in [0.29, 0.717) is 44.8 Å². The maximum Gasteiger partial charge on any atom is 0.247 e. The number of carbonyl (C=O) groups excluding carboxylic acids is 1. The minimum Gasteiger partial charge on any atom is -0.487 e. The molecule has 0 spiro atoms. The van der Waals surface area contributed by atoms with E-state index in [-0.39, 0.29) is 28.9 Å². The summed E-state index contributed by atoms with van der Waals surface area (Å²) in [6.45, 7) is 2.25. The SMILES string of the molecule is CN(C)CCN1[C@H]2CCN(C(=O)C3CCC3)CC[C@@H]2Oc2ccccc2S1(=O)=O. The zero-order valence-corrected chi connectivity index (χ0v) is 18.1. The van der Waals surface area contributed by atoms with E-state index in [4.69, 9.17) is 4.74 Å². The van der Waals surface area contributed by atoms with Crippen LogP contribution in [0.2, 0.25) is 0 Å². The average molecular weight is 422 g/mol. The molecule has 1 aromatic rings. The van der Waals surface area contributed by atoms with Crippen molar-refractivity contribution in [3.05, 3.63) is 24.3 Å². The summed E-state index contributed by atoms with van der Waals surface area (Å²) in [5, 5.41) is 0. The van der Waals surface area contributed by atoms with E-state index < -0.39 is 10.0 Å². The van der Waals surface area contributed by atoms with E-state index in [9.17, 15) is 13.2 Å². The molecule has 0 N–H and O–H groups in total. The summed E-state index contributed by atoms with van der Waals surface area (Å²) >= 11 is 0. The third kappa shape index (κ3) is 4.02. The molecule has 0 aromatic heterocycles. The number of nitrogens with zero attached hydrogens (tertiary/aromatic N) is 3. The quantitative estimate of drug-likeness (QED) is 0.741. The fourth-order valence-electron chi connectivity index (χ4n) is 4.47. The lowest BCUT2D eigenvalue weighted by Crippen LogP contribution is -2.49. The number of benzene rings is 1. The summed E-state index contributed by atoms with van der Waals surface area (Å²) in [6.07, 6.45) is 4.08. The summed E-state index contributed by atoms with van der Waals surface area (Å²) in [5.74, 6) is 0.817. The molecule has 0 radical (unpaired) electrons. The van der Waals surface area contributed by atoms with Crippen LogP contribution in [0.15, 0.2) is 29.2 Å². The van der Waals surface area contributed by atoms with Crippen LogP contribution in [-0.2, 0) is 14.8 Å². The Morgan fingerprint density at radius 2 is 1.86 bits per heavy atom. The number of carbonyl (C=O) groups is 1. The molecule has 8 heteroatoms. The van der Waals surface area contributed by atoms with E-state index in [1.807, 2.05) is 30.0 Å². The molecule has 1 amide bonds. The molecule has 4 rings (SSSR count). The first kappa shape index (κ1) is 20.6. The Morgan fingerprint density at radius 3 is 2.55 bits per heavy atom. The molecule has 2 fully saturated rings. The van der Waals surface area contributed by atoms with Crippen molar-refractivity contribution in [3.63, 3.8) is 0 Å². The van der Waals surface area contributed by atoms with E-state index in [2.05, 4.69) is 0 Å². The molecule has 0 unspecified atom stereocenters. The summed E-state index contributed by atoms with van der Waals surface area (Å²) in [6, 6.07) is 6.64. The van der Waals surface area contributed by atoms with Crippen molar-refractivity contribution < 1.29 is 17.9 Å². The molecule has 0 bridgehead atoms. The van der Waals surface area contributed by atoms with Crippen molar-refractivity contribution in [1.29, 1.82) is 0 Å². The largest absolute Gasteiger partial charge is 0.487 e. The van der Waals surface area contributed by atoms with Gasteiger partial charge in [0.15, 0.2) is 0 Å². The van der Waals surface area contributed by atoms with Crippen molar-refractivity contribution >= 4 is 15.9 Å². The molecule has 1 saturated heterocycles. The van der Waals surface area contributed by atoms with Gasteiger partial charge in [-0.2, -0.15) is 4.31 Å². The highest BCUT2D eigenvalue weighted by Gasteiger charge is 2.44. The highest BCUT2D eigenvalue weighted by Crippen LogP contribution is 2.37. The predicted octanol–water partition coefficient (Wildman–Crippen LogP) is 1.79. The maximum absolute atomic E-state index is 13.5. The van der Waals surface area contributed by atoms with Gasteiger partial charge in [-0.3, -0.25) is 4.79 Å². The Bertz CT molecular complexity index is 853. The molecule has 1 aliphatic carbocycles. The Kier molecular flexibility index (Phi) is 5.86. The molecule has 2 heterocycles. The Morgan fingerprint density at radius 1 is 1.14 bits per heavy atom. The van der Waals surface area contributed by atoms with Crippen LogP contribution in [0, 0.1) is 5.92 Å². The van der Waals surface area contributed by atoms with Gasteiger partial charge >= 0.3 is 0 Å². The molecule has 160 valence electrons. The van der Waals surface area contributed by atoms with Gasteiger partial charge in [0.05, 0.1) is 6.04 Å². The van der Waals surface area contributed by atoms with E-state index >= 15 is 0 Å². The summed E-state index contributed by atoms with van der Waals surface area (Å²) in [4.78, 5) is 16.9. The first-order valence-electron chi connectivity index (χ1n) is 10.6. The number of hydrogen-bond acceptors (Lipinski definition) is 5. The molecular weight excluding hydrogens is 390 g/mol. The van der Waals surface area contributed by atoms with E-state index in [0.717, 1.165) is 19.3 Å². The van der Waals surface area contributed by atoms with Crippen LogP contribution in [0.5, 0.6) is 5.75 Å². The van der Waals surface area contributed by atoms with Crippen LogP contribution in [0.3, 0.4) is 0 Å². The number of hydrogen-bond donors (Lipinski definition) is 0. The van der Waals surface area contributed by atoms with Gasteiger partial charge in [0.1, 0.15) is 16.7 Å². The summed E-state index contributed by atoms with van der Waals surface area (Å²) in [7, 11) is 0.215. The van der Waals surface area contributed by atoms with Crippen LogP contribution in [0.1, 0.15) is 32.1 Å². The van der Waals surface area contributed by atoms with Gasteiger partial charge in [0, 0.05) is 38.5 Å². The Labute approximate surface area is 173 Å². The zero-order valence-electron chi connectivity index (χ0n) is 17.3. The minimum absolute atomic E-state index is 0.160. The van der Waals surface area contributed by atoms with Crippen molar-refractivity contribution in [2.75, 3.05) is 40.3 Å². The minimum atomic E-state index is -3.67. The van der Waals surface area contributed by atoms with Crippen LogP contribution in [0.25, 0.3) is 0 Å². The third-order valence-corrected chi connectivity index (χ3v) is 8.39. The second-order valence-electron chi connectivity index (χ2n) is 8.62. The Balaban J connectivity index is 1.64. The van der Waals surface area contributed by atoms with Crippen LogP contribution in [-0.4, -0.2) is 80.9 Å². The second kappa shape index (κ2) is 8.24. The topological polar surface area (TPSA) is 70.2 Å². The van der Waals surface area contributed by atoms with Crippen molar-refractivity contribution in [2.45, 2.75) is 49.1 Å². The normalized spacial score (nSPS) is 27.2. The average Bonchev–Trinajstić information content (AvgIpc) is 2.87. The summed E-state index contributed by atoms with van der Waals surface area (Å²) in [5.41, 5.74) is 0. The lowest BCUT2D eigenvalue weighted by molar-refractivity contribution is -0.138. The number of amides is 1. The monoisotopic (exact) mass is 421 g/mol. The van der Waals surface area contributed by atoms with Gasteiger partial charge in [-0.25, -0.2) is 8.42 Å². The van der Waals surface area contributed by atoms with Gasteiger partial charge in [-0.05, 0) is 45.5 Å². The number of rotatable bonds is 4. The van der Waals surface area contributed by atoms with E-state index in [1.165, 1.54) is 0 Å². The third-order valence-electron chi connectivity index (χ3n) is 6.43. The molecule has 2 atom stereocenters. The smallest absolute Gasteiger partial charge is 0.247 e. The number of likely N-dealkylation sites (N-methyl/N-ethyl adjacent to an activating group) is 1. The van der Waals surface area contributed by atoms with Gasteiger partial charge < -0.3 is 14.5 Å². The van der Waals surface area contributed by atoms with Crippen LogP contribution < -0.4 is 4.74 Å². The second-order valence-corrected chi connectivity index (χ2v) is 10.5. The number of para-hydroxylation sites is 1. The maximum atomic E-state index is 13.5. The molecule has 29 heavy (non-hydrogen) atoms. The number of fused-ring (bicyclic) bond motifs is 2. The van der Waals surface area contributed by atoms with E-state index in [1.54, 1.807) is 22.5 Å². The fraction of sp³-hybridized carbons (Fsp3) is 0.667. The first-order valence-corrected chi connectivity index (χ1v) is 12.0. The van der Waals surface area contributed by atoms with Crippen molar-refractivity contribution in [3.8, 4) is 5.75 Å². The van der Waals surface area contributed by atoms with Gasteiger partial charge in [0.25, 0.3) is 0 Å². The lowest BCUT2D eigenvalue weighted by Gasteiger charge is -2.32. The highest BCUT2D eigenvalue weighted by molar-refractivity contribution is 7.89. The molecular formula is C21H31N3O4S. The number of likely N-dealkylation sites (tertiary alicyclic amines) is 1.